The van der Waals surface area contributed by atoms with Crippen LogP contribution in [0.1, 0.15) is 39.9 Å². The maximum Gasteiger partial charge on any atom is 0.232 e. The highest BCUT2D eigenvalue weighted by molar-refractivity contribution is 6.16. The summed E-state index contributed by atoms with van der Waals surface area (Å²) >= 11 is 0. The molecule has 0 aromatic heterocycles. The van der Waals surface area contributed by atoms with Gasteiger partial charge in [0.1, 0.15) is 29.7 Å². The number of aryl methyl sites for hydroxylation is 1. The van der Waals surface area contributed by atoms with Crippen molar-refractivity contribution in [1.82, 2.24) is 4.90 Å². The minimum absolute atomic E-state index is 0.110. The third kappa shape index (κ3) is 3.04. The second-order valence-corrected chi connectivity index (χ2v) is 7.67. The number of ether oxygens (including phenoxy) is 4. The minimum Gasteiger partial charge on any atom is -0.497 e. The summed E-state index contributed by atoms with van der Waals surface area (Å²) in [6.45, 7) is 3.26. The molecule has 0 N–H and O–H groups in total. The zero-order valence-corrected chi connectivity index (χ0v) is 16.8. The molecule has 1 saturated carbocycles. The van der Waals surface area contributed by atoms with Gasteiger partial charge in [-0.15, -0.1) is 0 Å². The first kappa shape index (κ1) is 18.1. The number of methoxy groups -OCH3 is 2. The van der Waals surface area contributed by atoms with E-state index >= 15 is 0 Å². The molecule has 5 rings (SSSR count). The van der Waals surface area contributed by atoms with Gasteiger partial charge in [0.05, 0.1) is 25.3 Å². The topological polar surface area (TPSA) is 57.2 Å². The molecule has 3 aliphatic rings. The van der Waals surface area contributed by atoms with Crippen LogP contribution in [0, 0.1) is 6.92 Å². The first-order valence-electron chi connectivity index (χ1n) is 9.78. The fourth-order valence-corrected chi connectivity index (χ4v) is 4.00. The molecule has 0 unspecified atom stereocenters. The van der Waals surface area contributed by atoms with Crippen LogP contribution in [-0.2, 0) is 6.54 Å². The summed E-state index contributed by atoms with van der Waals surface area (Å²) < 4.78 is 22.8. The van der Waals surface area contributed by atoms with E-state index in [0.29, 0.717) is 41.3 Å². The maximum atomic E-state index is 13.1. The van der Waals surface area contributed by atoms with Gasteiger partial charge in [-0.25, -0.2) is 0 Å². The second-order valence-electron chi connectivity index (χ2n) is 7.67. The molecule has 1 aliphatic carbocycles. The average molecular weight is 393 g/mol. The molecule has 0 bridgehead atoms. The lowest BCUT2D eigenvalue weighted by Crippen LogP contribution is -2.34. The van der Waals surface area contributed by atoms with Crippen molar-refractivity contribution in [1.29, 1.82) is 0 Å². The fraction of sp³-hybridized carbons (Fsp3) is 0.348. The van der Waals surface area contributed by atoms with Gasteiger partial charge in [0.2, 0.25) is 5.78 Å². The van der Waals surface area contributed by atoms with Gasteiger partial charge >= 0.3 is 0 Å². The molecule has 0 atom stereocenters. The van der Waals surface area contributed by atoms with Crippen molar-refractivity contribution in [2.24, 2.45) is 0 Å². The molecule has 6 nitrogen and oxygen atoms in total. The molecule has 0 saturated heterocycles. The summed E-state index contributed by atoms with van der Waals surface area (Å²) in [6, 6.07) is 8.00. The largest absolute Gasteiger partial charge is 0.497 e. The smallest absolute Gasteiger partial charge is 0.232 e. The number of Topliss-reactive ketones (excluding diaryl/α,β-unsaturated/α-hetero) is 1. The van der Waals surface area contributed by atoms with E-state index in [1.165, 1.54) is 12.8 Å². The van der Waals surface area contributed by atoms with E-state index in [4.69, 9.17) is 18.9 Å². The Bertz CT molecular complexity index is 1040. The van der Waals surface area contributed by atoms with Crippen molar-refractivity contribution < 1.29 is 23.7 Å². The Morgan fingerprint density at radius 2 is 2.00 bits per heavy atom. The standard InChI is InChI=1S/C23H23NO5/c1-13-8-19-17(11-24(12-28-19)15-5-6-15)23-21(13)22(25)20(29-23)9-14-4-7-16(26-2)10-18(14)27-3/h4,7-10,15H,5-6,11-12H2,1-3H3/b20-9-. The molecule has 1 fully saturated rings. The predicted octanol–water partition coefficient (Wildman–Crippen LogP) is 3.94. The number of ketones is 1. The number of hydrogen-bond donors (Lipinski definition) is 0. The van der Waals surface area contributed by atoms with Crippen molar-refractivity contribution in [2.45, 2.75) is 32.4 Å². The van der Waals surface area contributed by atoms with E-state index in [2.05, 4.69) is 4.90 Å². The highest BCUT2D eigenvalue weighted by Gasteiger charge is 2.38. The second kappa shape index (κ2) is 6.81. The SMILES string of the molecule is COc1ccc(/C=C2\Oc3c4c(cc(C)c3C2=O)OCN(C2CC2)C4)c(OC)c1. The van der Waals surface area contributed by atoms with Gasteiger partial charge in [-0.3, -0.25) is 9.69 Å². The number of allylic oxidation sites excluding steroid dienone is 1. The molecule has 2 aromatic carbocycles. The first-order chi connectivity index (χ1) is 14.1. The molecule has 6 heteroatoms. The van der Waals surface area contributed by atoms with E-state index in [9.17, 15) is 4.79 Å². The quantitative estimate of drug-likeness (QED) is 0.734. The fourth-order valence-electron chi connectivity index (χ4n) is 4.00. The van der Waals surface area contributed by atoms with Gasteiger partial charge in [-0.2, -0.15) is 0 Å². The highest BCUT2D eigenvalue weighted by Crippen LogP contribution is 2.45. The highest BCUT2D eigenvalue weighted by atomic mass is 16.5. The Morgan fingerprint density at radius 1 is 1.17 bits per heavy atom. The number of fused-ring (bicyclic) bond motifs is 3. The van der Waals surface area contributed by atoms with Gasteiger partial charge in [0.25, 0.3) is 0 Å². The number of rotatable bonds is 4. The molecule has 0 amide bonds. The Labute approximate surface area is 169 Å². The molecule has 0 radical (unpaired) electrons. The average Bonchev–Trinajstić information content (AvgIpc) is 3.53. The molecule has 0 spiro atoms. The number of nitrogens with zero attached hydrogens (tertiary/aromatic N) is 1. The first-order valence-corrected chi connectivity index (χ1v) is 9.78. The molecule has 2 aromatic rings. The third-order valence-electron chi connectivity index (χ3n) is 5.74. The predicted molar refractivity (Wildman–Crippen MR) is 108 cm³/mol. The van der Waals surface area contributed by atoms with Crippen LogP contribution in [0.5, 0.6) is 23.0 Å². The zero-order chi connectivity index (χ0) is 20.1. The molecule has 29 heavy (non-hydrogen) atoms. The van der Waals surface area contributed by atoms with Crippen LogP contribution in [0.25, 0.3) is 6.08 Å². The Hall–Kier alpha value is -2.99. The molecular weight excluding hydrogens is 370 g/mol. The number of carbonyl (C=O) groups excluding carboxylic acids is 1. The normalized spacial score (nSPS) is 19.4. The molecular formula is C23H23NO5. The lowest BCUT2D eigenvalue weighted by molar-refractivity contribution is 0.0867. The van der Waals surface area contributed by atoms with Crippen LogP contribution in [0.3, 0.4) is 0 Å². The molecule has 2 aliphatic heterocycles. The van der Waals surface area contributed by atoms with Crippen LogP contribution in [0.2, 0.25) is 0 Å². The Kier molecular flexibility index (Phi) is 4.24. The van der Waals surface area contributed by atoms with Gasteiger partial charge < -0.3 is 18.9 Å². The van der Waals surface area contributed by atoms with Crippen molar-refractivity contribution in [3.63, 3.8) is 0 Å². The number of hydrogen-bond acceptors (Lipinski definition) is 6. The Morgan fingerprint density at radius 3 is 2.72 bits per heavy atom. The van der Waals surface area contributed by atoms with E-state index in [1.54, 1.807) is 26.4 Å². The lowest BCUT2D eigenvalue weighted by atomic mass is 9.98. The zero-order valence-electron chi connectivity index (χ0n) is 16.8. The third-order valence-corrected chi connectivity index (χ3v) is 5.74. The van der Waals surface area contributed by atoms with Gasteiger partial charge in [-0.1, -0.05) is 0 Å². The van der Waals surface area contributed by atoms with Crippen LogP contribution in [-0.4, -0.2) is 37.7 Å². The summed E-state index contributed by atoms with van der Waals surface area (Å²) in [4.78, 5) is 15.5. The van der Waals surface area contributed by atoms with Gasteiger partial charge in [-0.05, 0) is 49.6 Å². The van der Waals surface area contributed by atoms with Gasteiger partial charge in [0.15, 0.2) is 5.76 Å². The van der Waals surface area contributed by atoms with E-state index in [1.807, 2.05) is 25.1 Å². The van der Waals surface area contributed by atoms with Crippen LogP contribution in [0.15, 0.2) is 30.0 Å². The lowest BCUT2D eigenvalue weighted by Gasteiger charge is -2.30. The summed E-state index contributed by atoms with van der Waals surface area (Å²) in [5, 5.41) is 0. The van der Waals surface area contributed by atoms with Crippen molar-refractivity contribution in [3.05, 3.63) is 52.3 Å². The summed E-state index contributed by atoms with van der Waals surface area (Å²) in [6.07, 6.45) is 4.14. The van der Waals surface area contributed by atoms with Crippen molar-refractivity contribution in [2.75, 3.05) is 21.0 Å². The van der Waals surface area contributed by atoms with E-state index in [0.717, 1.165) is 29.0 Å². The maximum absolute atomic E-state index is 13.1. The monoisotopic (exact) mass is 393 g/mol. The number of carbonyl (C=O) groups is 1. The van der Waals surface area contributed by atoms with Gasteiger partial charge in [0, 0.05) is 24.2 Å². The Balaban J connectivity index is 1.53. The van der Waals surface area contributed by atoms with Crippen molar-refractivity contribution in [3.8, 4) is 23.0 Å². The summed E-state index contributed by atoms with van der Waals surface area (Å²) in [5.74, 6) is 2.94. The minimum atomic E-state index is -0.110. The van der Waals surface area contributed by atoms with Crippen LogP contribution < -0.4 is 18.9 Å². The molecule has 2 heterocycles. The van der Waals surface area contributed by atoms with E-state index < -0.39 is 0 Å². The summed E-state index contributed by atoms with van der Waals surface area (Å²) in [7, 11) is 3.19. The van der Waals surface area contributed by atoms with E-state index in [-0.39, 0.29) is 5.78 Å². The van der Waals surface area contributed by atoms with Crippen molar-refractivity contribution >= 4 is 11.9 Å². The van der Waals surface area contributed by atoms with Crippen LogP contribution in [0.4, 0.5) is 0 Å². The number of benzene rings is 2. The summed E-state index contributed by atoms with van der Waals surface area (Å²) in [5.41, 5.74) is 3.21. The molecule has 150 valence electrons. The van der Waals surface area contributed by atoms with Crippen LogP contribution >= 0.6 is 0 Å².